The fourth-order valence-corrected chi connectivity index (χ4v) is 3.74. The monoisotopic (exact) mass is 375 g/mol. The molecule has 138 valence electrons. The molecule has 0 unspecified atom stereocenters. The third kappa shape index (κ3) is 4.68. The summed E-state index contributed by atoms with van der Waals surface area (Å²) < 4.78 is 13.6. The molecule has 1 aromatic heterocycles. The van der Waals surface area contributed by atoms with Crippen LogP contribution >= 0.6 is 11.3 Å². The first-order valence-electron chi connectivity index (χ1n) is 8.61. The van der Waals surface area contributed by atoms with E-state index in [0.717, 1.165) is 9.75 Å². The van der Waals surface area contributed by atoms with Crippen molar-refractivity contribution in [2.45, 2.75) is 13.5 Å². The van der Waals surface area contributed by atoms with E-state index in [1.54, 1.807) is 18.2 Å². The Labute approximate surface area is 156 Å². The Morgan fingerprint density at radius 3 is 2.50 bits per heavy atom. The first kappa shape index (κ1) is 18.5. The van der Waals surface area contributed by atoms with Gasteiger partial charge in [0, 0.05) is 43.2 Å². The molecular weight excluding hydrogens is 353 g/mol. The summed E-state index contributed by atoms with van der Waals surface area (Å²) >= 11 is 1.51. The first-order chi connectivity index (χ1) is 12.5. The lowest BCUT2D eigenvalue weighted by Crippen LogP contribution is -2.51. The highest BCUT2D eigenvalue weighted by Gasteiger charge is 2.24. The van der Waals surface area contributed by atoms with E-state index in [4.69, 9.17) is 0 Å². The minimum absolute atomic E-state index is 0.0618. The van der Waals surface area contributed by atoms with Gasteiger partial charge in [-0.05, 0) is 25.1 Å². The highest BCUT2D eigenvalue weighted by atomic mass is 32.1. The van der Waals surface area contributed by atoms with Crippen LogP contribution in [0.1, 0.15) is 20.1 Å². The molecule has 1 N–H and O–H groups in total. The van der Waals surface area contributed by atoms with Crippen LogP contribution in [0.3, 0.4) is 0 Å². The molecule has 0 aliphatic carbocycles. The molecule has 2 amide bonds. The summed E-state index contributed by atoms with van der Waals surface area (Å²) in [6.45, 7) is 4.95. The molecule has 1 aliphatic heterocycles. The van der Waals surface area contributed by atoms with E-state index in [1.807, 2.05) is 28.9 Å². The Kier molecular flexibility index (Phi) is 6.00. The number of hydrogen-bond donors (Lipinski definition) is 1. The van der Waals surface area contributed by atoms with Crippen molar-refractivity contribution in [2.75, 3.05) is 32.7 Å². The van der Waals surface area contributed by atoms with Gasteiger partial charge in [-0.1, -0.05) is 18.2 Å². The van der Waals surface area contributed by atoms with Crippen LogP contribution in [0.25, 0.3) is 0 Å². The van der Waals surface area contributed by atoms with Crippen LogP contribution in [0.4, 0.5) is 4.39 Å². The molecule has 0 spiro atoms. The van der Waals surface area contributed by atoms with E-state index in [1.165, 1.54) is 17.4 Å². The van der Waals surface area contributed by atoms with Crippen LogP contribution in [-0.4, -0.2) is 54.3 Å². The van der Waals surface area contributed by atoms with Crippen molar-refractivity contribution in [1.29, 1.82) is 0 Å². The third-order valence-corrected chi connectivity index (χ3v) is 5.40. The van der Waals surface area contributed by atoms with E-state index in [9.17, 15) is 14.0 Å². The summed E-state index contributed by atoms with van der Waals surface area (Å²) in [5, 5.41) is 2.75. The van der Waals surface area contributed by atoms with Gasteiger partial charge in [-0.3, -0.25) is 14.5 Å². The van der Waals surface area contributed by atoms with Gasteiger partial charge in [0.15, 0.2) is 0 Å². The minimum Gasteiger partial charge on any atom is -0.351 e. The number of benzene rings is 1. The Morgan fingerprint density at radius 1 is 1.12 bits per heavy atom. The average molecular weight is 375 g/mol. The minimum atomic E-state index is -0.316. The second-order valence-electron chi connectivity index (χ2n) is 6.35. The lowest BCUT2D eigenvalue weighted by molar-refractivity contribution is -0.122. The maximum absolute atomic E-state index is 13.6. The molecule has 7 heteroatoms. The molecule has 0 bridgehead atoms. The van der Waals surface area contributed by atoms with E-state index >= 15 is 0 Å². The second kappa shape index (κ2) is 8.42. The molecule has 1 aliphatic rings. The standard InChI is InChI=1S/C19H22FN3O2S/c1-14-6-7-17(26-14)19(25)23-10-8-22(9-11-23)13-18(24)21-12-15-4-2-3-5-16(15)20/h2-7H,8-13H2,1H3,(H,21,24). The van der Waals surface area contributed by atoms with Gasteiger partial charge < -0.3 is 10.2 Å². The van der Waals surface area contributed by atoms with Crippen molar-refractivity contribution in [1.82, 2.24) is 15.1 Å². The molecular formula is C19H22FN3O2S. The summed E-state index contributed by atoms with van der Waals surface area (Å²) in [7, 11) is 0. The molecule has 5 nitrogen and oxygen atoms in total. The molecule has 0 radical (unpaired) electrons. The lowest BCUT2D eigenvalue weighted by atomic mass is 10.2. The van der Waals surface area contributed by atoms with E-state index in [2.05, 4.69) is 5.32 Å². The first-order valence-corrected chi connectivity index (χ1v) is 9.43. The SMILES string of the molecule is Cc1ccc(C(=O)N2CCN(CC(=O)NCc3ccccc3F)CC2)s1. The zero-order valence-corrected chi connectivity index (χ0v) is 15.5. The Balaban J connectivity index is 1.43. The van der Waals surface area contributed by atoms with Gasteiger partial charge >= 0.3 is 0 Å². The number of nitrogens with one attached hydrogen (secondary N) is 1. The maximum atomic E-state index is 13.6. The Hall–Kier alpha value is -2.25. The quantitative estimate of drug-likeness (QED) is 0.872. The van der Waals surface area contributed by atoms with Gasteiger partial charge in [0.25, 0.3) is 5.91 Å². The number of carbonyl (C=O) groups is 2. The molecule has 2 heterocycles. The van der Waals surface area contributed by atoms with Crippen molar-refractivity contribution in [3.8, 4) is 0 Å². The molecule has 1 aromatic carbocycles. The topological polar surface area (TPSA) is 52.7 Å². The number of carbonyl (C=O) groups excluding carboxylic acids is 2. The smallest absolute Gasteiger partial charge is 0.264 e. The zero-order chi connectivity index (χ0) is 18.5. The summed E-state index contributed by atoms with van der Waals surface area (Å²) in [6.07, 6.45) is 0. The van der Waals surface area contributed by atoms with Crippen molar-refractivity contribution in [3.63, 3.8) is 0 Å². The third-order valence-electron chi connectivity index (χ3n) is 4.41. The predicted octanol–water partition coefficient (Wildman–Crippen LogP) is 2.27. The molecule has 3 rings (SSSR count). The van der Waals surface area contributed by atoms with Crippen molar-refractivity contribution < 1.29 is 14.0 Å². The Morgan fingerprint density at radius 2 is 1.85 bits per heavy atom. The molecule has 2 aromatic rings. The number of rotatable bonds is 5. The number of piperazine rings is 1. The normalized spacial score (nSPS) is 15.1. The van der Waals surface area contributed by atoms with Crippen molar-refractivity contribution in [2.24, 2.45) is 0 Å². The Bertz CT molecular complexity index is 785. The molecule has 0 saturated carbocycles. The second-order valence-corrected chi connectivity index (χ2v) is 7.63. The van der Waals surface area contributed by atoms with Crippen LogP contribution in [0.5, 0.6) is 0 Å². The molecule has 0 atom stereocenters. The summed E-state index contributed by atoms with van der Waals surface area (Å²) in [4.78, 5) is 30.3. The van der Waals surface area contributed by atoms with Crippen LogP contribution in [0.15, 0.2) is 36.4 Å². The van der Waals surface area contributed by atoms with Gasteiger partial charge in [0.1, 0.15) is 5.82 Å². The van der Waals surface area contributed by atoms with Gasteiger partial charge in [0.2, 0.25) is 5.91 Å². The molecule has 1 saturated heterocycles. The number of hydrogen-bond acceptors (Lipinski definition) is 4. The van der Waals surface area contributed by atoms with E-state index < -0.39 is 0 Å². The largest absolute Gasteiger partial charge is 0.351 e. The van der Waals surface area contributed by atoms with Gasteiger partial charge in [-0.25, -0.2) is 4.39 Å². The fourth-order valence-electron chi connectivity index (χ4n) is 2.91. The van der Waals surface area contributed by atoms with E-state index in [-0.39, 0.29) is 30.7 Å². The highest BCUT2D eigenvalue weighted by Crippen LogP contribution is 2.18. The number of aryl methyl sites for hydroxylation is 1. The highest BCUT2D eigenvalue weighted by molar-refractivity contribution is 7.13. The van der Waals surface area contributed by atoms with Gasteiger partial charge in [-0.2, -0.15) is 0 Å². The fraction of sp³-hybridized carbons (Fsp3) is 0.368. The number of amides is 2. The average Bonchev–Trinajstić information content (AvgIpc) is 3.07. The molecule has 1 fully saturated rings. The lowest BCUT2D eigenvalue weighted by Gasteiger charge is -2.34. The van der Waals surface area contributed by atoms with Crippen molar-refractivity contribution >= 4 is 23.2 Å². The van der Waals surface area contributed by atoms with Crippen LogP contribution < -0.4 is 5.32 Å². The van der Waals surface area contributed by atoms with Crippen LogP contribution in [-0.2, 0) is 11.3 Å². The summed E-state index contributed by atoms with van der Waals surface area (Å²) in [5.41, 5.74) is 0.475. The van der Waals surface area contributed by atoms with Gasteiger partial charge in [-0.15, -0.1) is 11.3 Å². The van der Waals surface area contributed by atoms with Crippen molar-refractivity contribution in [3.05, 3.63) is 57.5 Å². The number of nitrogens with zero attached hydrogens (tertiary/aromatic N) is 2. The van der Waals surface area contributed by atoms with Crippen LogP contribution in [0.2, 0.25) is 0 Å². The maximum Gasteiger partial charge on any atom is 0.264 e. The summed E-state index contributed by atoms with van der Waals surface area (Å²) in [5.74, 6) is -0.391. The van der Waals surface area contributed by atoms with E-state index in [0.29, 0.717) is 31.7 Å². The summed E-state index contributed by atoms with van der Waals surface area (Å²) in [6, 6.07) is 10.2. The predicted molar refractivity (Wildman–Crippen MR) is 99.6 cm³/mol. The molecule has 26 heavy (non-hydrogen) atoms. The van der Waals surface area contributed by atoms with Crippen LogP contribution in [0, 0.1) is 12.7 Å². The van der Waals surface area contributed by atoms with Gasteiger partial charge in [0.05, 0.1) is 11.4 Å². The number of thiophene rings is 1. The number of halogens is 1. The zero-order valence-electron chi connectivity index (χ0n) is 14.7.